The number of hydrogen-bond acceptors (Lipinski definition) is 1. The average Bonchev–Trinajstić information content (AvgIpc) is 2.54. The van der Waals surface area contributed by atoms with E-state index in [1.165, 1.54) is 6.07 Å². The Labute approximate surface area is 90.9 Å². The Hall–Kier alpha value is -0.160. The zero-order valence-corrected chi connectivity index (χ0v) is 9.34. The molecule has 0 aliphatic carbocycles. The van der Waals surface area contributed by atoms with E-state index >= 15 is 0 Å². The Morgan fingerprint density at radius 1 is 1.38 bits per heavy atom. The molecule has 70 valence electrons. The van der Waals surface area contributed by atoms with Crippen molar-refractivity contribution in [3.05, 3.63) is 35.6 Å². The summed E-state index contributed by atoms with van der Waals surface area (Å²) in [7, 11) is 0. The lowest BCUT2D eigenvalue weighted by Crippen LogP contribution is -2.30. The Balaban J connectivity index is 2.39. The summed E-state index contributed by atoms with van der Waals surface area (Å²) in [6, 6.07) is 7.00. The van der Waals surface area contributed by atoms with Crippen LogP contribution in [-0.4, -0.2) is 6.54 Å². The van der Waals surface area contributed by atoms with Gasteiger partial charge >= 0.3 is 0 Å². The fourth-order valence-corrected chi connectivity index (χ4v) is 2.81. The smallest absolute Gasteiger partial charge is 0.129 e. The van der Waals surface area contributed by atoms with E-state index in [1.54, 1.807) is 6.07 Å². The van der Waals surface area contributed by atoms with E-state index in [4.69, 9.17) is 0 Å². The van der Waals surface area contributed by atoms with Crippen molar-refractivity contribution in [1.82, 2.24) is 5.32 Å². The van der Waals surface area contributed by atoms with Gasteiger partial charge in [-0.05, 0) is 25.5 Å². The van der Waals surface area contributed by atoms with Gasteiger partial charge in [-0.2, -0.15) is 0 Å². The molecule has 2 rings (SSSR count). The number of nitrogens with one attached hydrogen (secondary N) is 1. The molecule has 0 radical (unpaired) electrons. The van der Waals surface area contributed by atoms with Crippen molar-refractivity contribution in [1.29, 1.82) is 0 Å². The highest BCUT2D eigenvalue weighted by Gasteiger charge is 2.33. The third-order valence-corrected chi connectivity index (χ3v) is 3.91. The summed E-state index contributed by atoms with van der Waals surface area (Å²) in [5, 5.41) is 3.34. The molecule has 0 saturated carbocycles. The Morgan fingerprint density at radius 3 is 2.77 bits per heavy atom. The lowest BCUT2D eigenvalue weighted by atomic mass is 10.1. The Kier molecular flexibility index (Phi) is 2.55. The number of hydrogen-bond donors (Lipinski definition) is 1. The fourth-order valence-electron chi connectivity index (χ4n) is 1.72. The lowest BCUT2D eigenvalue weighted by Gasteiger charge is -2.22. The molecule has 1 saturated heterocycles. The third-order valence-electron chi connectivity index (χ3n) is 2.40. The van der Waals surface area contributed by atoms with Crippen molar-refractivity contribution in [2.75, 3.05) is 6.54 Å². The van der Waals surface area contributed by atoms with Gasteiger partial charge in [-0.25, -0.2) is 4.39 Å². The van der Waals surface area contributed by atoms with Gasteiger partial charge in [0.15, 0.2) is 0 Å². The van der Waals surface area contributed by atoms with E-state index in [0.717, 1.165) is 24.9 Å². The monoisotopic (exact) mass is 291 g/mol. The minimum absolute atomic E-state index is 0.105. The Morgan fingerprint density at radius 2 is 2.15 bits per heavy atom. The highest BCUT2D eigenvalue weighted by atomic mass is 127. The zero-order chi connectivity index (χ0) is 9.31. The molecule has 0 unspecified atom stereocenters. The molecular formula is C10H11FIN. The first-order chi connectivity index (χ1) is 6.22. The molecule has 1 nitrogen and oxygen atoms in total. The second kappa shape index (κ2) is 3.53. The van der Waals surface area contributed by atoms with E-state index < -0.39 is 0 Å². The molecule has 1 fully saturated rings. The van der Waals surface area contributed by atoms with Gasteiger partial charge in [0.1, 0.15) is 5.82 Å². The highest BCUT2D eigenvalue weighted by Crippen LogP contribution is 2.38. The summed E-state index contributed by atoms with van der Waals surface area (Å²) in [6.45, 7) is 0.983. The van der Waals surface area contributed by atoms with E-state index in [9.17, 15) is 4.39 Å². The highest BCUT2D eigenvalue weighted by molar-refractivity contribution is 14.1. The third kappa shape index (κ3) is 1.72. The Bertz CT molecular complexity index is 308. The predicted octanol–water partition coefficient (Wildman–Crippen LogP) is 2.80. The maximum Gasteiger partial charge on any atom is 0.129 e. The molecule has 1 atom stereocenters. The van der Waals surface area contributed by atoms with Gasteiger partial charge in [-0.15, -0.1) is 0 Å². The quantitative estimate of drug-likeness (QED) is 0.476. The van der Waals surface area contributed by atoms with Crippen LogP contribution in [0.5, 0.6) is 0 Å². The zero-order valence-electron chi connectivity index (χ0n) is 7.19. The number of benzene rings is 1. The standard InChI is InChI=1S/C10H11FIN/c11-9-5-2-1-4-8(9)10(12)6-3-7-13-10/h1-2,4-5,13H,3,6-7H2/t10-/m0/s1. The van der Waals surface area contributed by atoms with Crippen molar-refractivity contribution in [2.45, 2.75) is 16.4 Å². The SMILES string of the molecule is Fc1ccccc1[C@]1(I)CCCN1. The van der Waals surface area contributed by atoms with Gasteiger partial charge in [0.25, 0.3) is 0 Å². The molecule has 3 heteroatoms. The minimum atomic E-state index is -0.177. The van der Waals surface area contributed by atoms with Gasteiger partial charge in [0.2, 0.25) is 0 Å². The van der Waals surface area contributed by atoms with Crippen LogP contribution in [0.3, 0.4) is 0 Å². The van der Waals surface area contributed by atoms with Gasteiger partial charge in [0, 0.05) is 5.56 Å². The van der Waals surface area contributed by atoms with Crippen molar-refractivity contribution in [3.8, 4) is 0 Å². The van der Waals surface area contributed by atoms with Gasteiger partial charge in [-0.1, -0.05) is 40.8 Å². The molecule has 1 aromatic carbocycles. The summed E-state index contributed by atoms with van der Waals surface area (Å²) in [6.07, 6.45) is 2.13. The predicted molar refractivity (Wildman–Crippen MR) is 59.3 cm³/mol. The first-order valence-electron chi connectivity index (χ1n) is 4.41. The second-order valence-electron chi connectivity index (χ2n) is 3.31. The molecule has 1 heterocycles. The molecule has 1 aliphatic heterocycles. The lowest BCUT2D eigenvalue weighted by molar-refractivity contribution is 0.543. The van der Waals surface area contributed by atoms with Crippen LogP contribution < -0.4 is 5.32 Å². The van der Waals surface area contributed by atoms with E-state index in [1.807, 2.05) is 12.1 Å². The van der Waals surface area contributed by atoms with Crippen molar-refractivity contribution >= 4 is 22.6 Å². The fraction of sp³-hybridized carbons (Fsp3) is 0.400. The molecule has 0 bridgehead atoms. The molecule has 0 spiro atoms. The van der Waals surface area contributed by atoms with Crippen LogP contribution in [0.15, 0.2) is 24.3 Å². The number of halogens is 2. The van der Waals surface area contributed by atoms with Crippen molar-refractivity contribution in [2.24, 2.45) is 0 Å². The normalized spacial score (nSPS) is 27.8. The van der Waals surface area contributed by atoms with E-state index in [-0.39, 0.29) is 9.36 Å². The summed E-state index contributed by atoms with van der Waals surface area (Å²) in [4.78, 5) is 0. The second-order valence-corrected chi connectivity index (χ2v) is 5.15. The van der Waals surface area contributed by atoms with Crippen LogP contribution in [0.25, 0.3) is 0 Å². The van der Waals surface area contributed by atoms with Crippen LogP contribution in [0, 0.1) is 5.82 Å². The van der Waals surface area contributed by atoms with Crippen LogP contribution in [0.1, 0.15) is 18.4 Å². The van der Waals surface area contributed by atoms with Crippen molar-refractivity contribution in [3.63, 3.8) is 0 Å². The van der Waals surface area contributed by atoms with Crippen LogP contribution in [0.4, 0.5) is 4.39 Å². The van der Waals surface area contributed by atoms with Crippen LogP contribution >= 0.6 is 22.6 Å². The molecular weight excluding hydrogens is 280 g/mol. The topological polar surface area (TPSA) is 12.0 Å². The summed E-state index contributed by atoms with van der Waals surface area (Å²) in [5.74, 6) is -0.105. The van der Waals surface area contributed by atoms with Crippen LogP contribution in [0.2, 0.25) is 0 Å². The van der Waals surface area contributed by atoms with Crippen LogP contribution in [-0.2, 0) is 3.55 Å². The molecule has 1 N–H and O–H groups in total. The number of rotatable bonds is 1. The molecule has 0 aromatic heterocycles. The van der Waals surface area contributed by atoms with Gasteiger partial charge < -0.3 is 0 Å². The number of alkyl halides is 1. The first-order valence-corrected chi connectivity index (χ1v) is 5.49. The molecule has 1 aliphatic rings. The summed E-state index contributed by atoms with van der Waals surface area (Å²) in [5.41, 5.74) is 0.785. The van der Waals surface area contributed by atoms with Crippen molar-refractivity contribution < 1.29 is 4.39 Å². The first kappa shape index (κ1) is 9.40. The maximum atomic E-state index is 13.4. The molecule has 13 heavy (non-hydrogen) atoms. The maximum absolute atomic E-state index is 13.4. The van der Waals surface area contributed by atoms with Gasteiger partial charge in [0.05, 0.1) is 3.55 Å². The summed E-state index contributed by atoms with van der Waals surface area (Å²) >= 11 is 2.31. The van der Waals surface area contributed by atoms with E-state index in [2.05, 4.69) is 27.9 Å². The molecule has 0 amide bonds. The minimum Gasteiger partial charge on any atom is -0.299 e. The largest absolute Gasteiger partial charge is 0.299 e. The van der Waals surface area contributed by atoms with Gasteiger partial charge in [-0.3, -0.25) is 5.32 Å². The molecule has 1 aromatic rings. The summed E-state index contributed by atoms with van der Waals surface area (Å²) < 4.78 is 13.3. The van der Waals surface area contributed by atoms with E-state index in [0.29, 0.717) is 0 Å². The average molecular weight is 291 g/mol.